The quantitative estimate of drug-likeness (QED) is 0.691. The molecule has 3 aromatic rings. The minimum Gasteiger partial charge on any atom is -0.496 e. The summed E-state index contributed by atoms with van der Waals surface area (Å²) >= 11 is 1.52. The first-order valence-electron chi connectivity index (χ1n) is 6.64. The molecule has 0 aliphatic rings. The average molecular weight is 300 g/mol. The fraction of sp³-hybridized carbons (Fsp3) is 0.250. The number of methoxy groups -OCH3 is 1. The number of benzene rings is 1. The van der Waals surface area contributed by atoms with Gasteiger partial charge in [-0.05, 0) is 43.5 Å². The van der Waals surface area contributed by atoms with E-state index in [2.05, 4.69) is 4.98 Å². The van der Waals surface area contributed by atoms with Crippen LogP contribution in [0, 0.1) is 20.8 Å². The Kier molecular flexibility index (Phi) is 3.29. The number of imidazole rings is 1. The predicted octanol–water partition coefficient (Wildman–Crippen LogP) is 3.81. The lowest BCUT2D eigenvalue weighted by Crippen LogP contribution is -1.98. The first-order chi connectivity index (χ1) is 10.1. The smallest absolute Gasteiger partial charge is 0.194 e. The maximum atomic E-state index is 11.5. The molecule has 108 valence electrons. The van der Waals surface area contributed by atoms with E-state index in [1.54, 1.807) is 7.11 Å². The summed E-state index contributed by atoms with van der Waals surface area (Å²) in [5.41, 5.74) is 5.54. The Balaban J connectivity index is 2.32. The molecule has 0 saturated heterocycles. The number of rotatable bonds is 3. The minimum absolute atomic E-state index is 0.596. The van der Waals surface area contributed by atoms with Gasteiger partial charge in [-0.15, -0.1) is 11.3 Å². The van der Waals surface area contributed by atoms with Crippen molar-refractivity contribution in [1.29, 1.82) is 0 Å². The molecule has 0 N–H and O–H groups in total. The van der Waals surface area contributed by atoms with Gasteiger partial charge in [-0.25, -0.2) is 4.98 Å². The Labute approximate surface area is 127 Å². The molecule has 5 heteroatoms. The number of aromatic nitrogens is 2. The summed E-state index contributed by atoms with van der Waals surface area (Å²) in [5.74, 6) is 0.893. The van der Waals surface area contributed by atoms with Crippen molar-refractivity contribution in [2.45, 2.75) is 20.8 Å². The summed E-state index contributed by atoms with van der Waals surface area (Å²) in [6.45, 7) is 6.08. The average Bonchev–Trinajstić information content (AvgIpc) is 3.03. The number of thiazole rings is 1. The van der Waals surface area contributed by atoms with Crippen molar-refractivity contribution in [3.05, 3.63) is 40.0 Å². The molecule has 0 amide bonds. The van der Waals surface area contributed by atoms with E-state index >= 15 is 0 Å². The van der Waals surface area contributed by atoms with E-state index in [1.807, 2.05) is 42.8 Å². The van der Waals surface area contributed by atoms with Crippen molar-refractivity contribution in [2.75, 3.05) is 7.11 Å². The van der Waals surface area contributed by atoms with E-state index in [-0.39, 0.29) is 0 Å². The summed E-state index contributed by atoms with van der Waals surface area (Å²) in [7, 11) is 1.68. The number of hydrogen-bond donors (Lipinski definition) is 0. The van der Waals surface area contributed by atoms with E-state index in [0.29, 0.717) is 5.69 Å². The van der Waals surface area contributed by atoms with Crippen LogP contribution in [0.5, 0.6) is 5.75 Å². The van der Waals surface area contributed by atoms with Gasteiger partial charge in [-0.2, -0.15) is 0 Å². The molecule has 0 unspecified atom stereocenters. The molecule has 4 nitrogen and oxygen atoms in total. The molecule has 2 aromatic heterocycles. The molecule has 0 atom stereocenters. The van der Waals surface area contributed by atoms with Gasteiger partial charge in [-0.1, -0.05) is 0 Å². The van der Waals surface area contributed by atoms with Crippen molar-refractivity contribution in [3.63, 3.8) is 0 Å². The van der Waals surface area contributed by atoms with Gasteiger partial charge < -0.3 is 4.74 Å². The maximum absolute atomic E-state index is 11.5. The lowest BCUT2D eigenvalue weighted by atomic mass is 9.96. The van der Waals surface area contributed by atoms with Gasteiger partial charge in [0.2, 0.25) is 0 Å². The summed E-state index contributed by atoms with van der Waals surface area (Å²) < 4.78 is 7.29. The van der Waals surface area contributed by atoms with Gasteiger partial charge in [0, 0.05) is 17.1 Å². The number of aldehydes is 1. The van der Waals surface area contributed by atoms with Crippen LogP contribution in [0.4, 0.5) is 0 Å². The van der Waals surface area contributed by atoms with Crippen LogP contribution in [-0.2, 0) is 0 Å². The molecule has 0 fully saturated rings. The van der Waals surface area contributed by atoms with E-state index in [4.69, 9.17) is 4.74 Å². The fourth-order valence-electron chi connectivity index (χ4n) is 2.73. The third-order valence-electron chi connectivity index (χ3n) is 3.90. The Morgan fingerprint density at radius 1 is 1.29 bits per heavy atom. The molecule has 2 heterocycles. The van der Waals surface area contributed by atoms with Gasteiger partial charge in [-0.3, -0.25) is 9.20 Å². The molecule has 3 rings (SSSR count). The molecular formula is C16H16N2O2S. The molecule has 21 heavy (non-hydrogen) atoms. The van der Waals surface area contributed by atoms with Gasteiger partial charge in [0.25, 0.3) is 0 Å². The molecule has 0 saturated carbocycles. The number of carbonyl (C=O) groups excluding carboxylic acids is 1. The highest BCUT2D eigenvalue weighted by Gasteiger charge is 2.19. The summed E-state index contributed by atoms with van der Waals surface area (Å²) in [6.07, 6.45) is 2.75. The third kappa shape index (κ3) is 1.96. The zero-order valence-corrected chi connectivity index (χ0v) is 13.2. The van der Waals surface area contributed by atoms with Crippen LogP contribution in [0.1, 0.15) is 27.2 Å². The Morgan fingerprint density at radius 2 is 2.05 bits per heavy atom. The third-order valence-corrected chi connectivity index (χ3v) is 4.65. The summed E-state index contributed by atoms with van der Waals surface area (Å²) in [6, 6.07) is 2.04. The largest absolute Gasteiger partial charge is 0.496 e. The second-order valence-corrected chi connectivity index (χ2v) is 5.92. The van der Waals surface area contributed by atoms with Crippen LogP contribution in [0.15, 0.2) is 17.6 Å². The van der Waals surface area contributed by atoms with Crippen LogP contribution in [0.25, 0.3) is 16.2 Å². The van der Waals surface area contributed by atoms with Crippen molar-refractivity contribution in [2.24, 2.45) is 0 Å². The van der Waals surface area contributed by atoms with E-state index < -0.39 is 0 Å². The minimum atomic E-state index is 0.596. The number of fused-ring (bicyclic) bond motifs is 1. The number of hydrogen-bond acceptors (Lipinski definition) is 4. The van der Waals surface area contributed by atoms with Crippen molar-refractivity contribution < 1.29 is 9.53 Å². The van der Waals surface area contributed by atoms with Crippen LogP contribution >= 0.6 is 11.3 Å². The van der Waals surface area contributed by atoms with Gasteiger partial charge >= 0.3 is 0 Å². The zero-order chi connectivity index (χ0) is 15.1. The molecule has 1 aromatic carbocycles. The second-order valence-electron chi connectivity index (χ2n) is 5.04. The number of aryl methyl sites for hydroxylation is 1. The predicted molar refractivity (Wildman–Crippen MR) is 84.7 cm³/mol. The number of ether oxygens (including phenoxy) is 1. The van der Waals surface area contributed by atoms with Gasteiger partial charge in [0.05, 0.1) is 7.11 Å². The summed E-state index contributed by atoms with van der Waals surface area (Å²) in [5, 5.41) is 1.93. The first kappa shape index (κ1) is 13.8. The highest BCUT2D eigenvalue weighted by molar-refractivity contribution is 7.15. The standard InChI is InChI=1S/C16H16N2O2S/c1-9-7-12(10(2)11(3)15(9)20-4)14-13(8-19)18-5-6-21-16(18)17-14/h5-8H,1-4H3. The van der Waals surface area contributed by atoms with E-state index in [9.17, 15) is 4.79 Å². The van der Waals surface area contributed by atoms with Gasteiger partial charge in [0.1, 0.15) is 17.1 Å². The Bertz CT molecular complexity index is 846. The summed E-state index contributed by atoms with van der Waals surface area (Å²) in [4.78, 5) is 16.9. The SMILES string of the molecule is COc1c(C)cc(-c2nc3sccn3c2C=O)c(C)c1C. The first-order valence-corrected chi connectivity index (χ1v) is 7.52. The maximum Gasteiger partial charge on any atom is 0.194 e. The van der Waals surface area contributed by atoms with Crippen molar-refractivity contribution in [3.8, 4) is 17.0 Å². The van der Waals surface area contributed by atoms with Crippen molar-refractivity contribution in [1.82, 2.24) is 9.38 Å². The van der Waals surface area contributed by atoms with E-state index in [0.717, 1.165) is 44.9 Å². The normalized spacial score (nSPS) is 11.0. The molecular weight excluding hydrogens is 284 g/mol. The van der Waals surface area contributed by atoms with Crippen LogP contribution in [0.3, 0.4) is 0 Å². The molecule has 0 radical (unpaired) electrons. The highest BCUT2D eigenvalue weighted by atomic mass is 32.1. The van der Waals surface area contributed by atoms with Crippen LogP contribution in [-0.4, -0.2) is 22.8 Å². The second kappa shape index (κ2) is 5.00. The Hall–Kier alpha value is -2.14. The number of carbonyl (C=O) groups is 1. The topological polar surface area (TPSA) is 43.6 Å². The fourth-order valence-corrected chi connectivity index (χ4v) is 3.45. The highest BCUT2D eigenvalue weighted by Crippen LogP contribution is 2.35. The lowest BCUT2D eigenvalue weighted by molar-refractivity contribution is 0.111. The Morgan fingerprint density at radius 3 is 2.71 bits per heavy atom. The number of nitrogens with zero attached hydrogens (tertiary/aromatic N) is 2. The monoisotopic (exact) mass is 300 g/mol. The van der Waals surface area contributed by atoms with Gasteiger partial charge in [0.15, 0.2) is 11.2 Å². The van der Waals surface area contributed by atoms with Crippen LogP contribution < -0.4 is 4.74 Å². The van der Waals surface area contributed by atoms with Crippen LogP contribution in [0.2, 0.25) is 0 Å². The lowest BCUT2D eigenvalue weighted by Gasteiger charge is -2.15. The zero-order valence-electron chi connectivity index (χ0n) is 12.4. The molecule has 0 bridgehead atoms. The molecule has 0 aliphatic carbocycles. The van der Waals surface area contributed by atoms with E-state index in [1.165, 1.54) is 11.3 Å². The van der Waals surface area contributed by atoms with Crippen molar-refractivity contribution >= 4 is 22.6 Å². The molecule has 0 spiro atoms. The molecule has 0 aliphatic heterocycles.